The second-order valence-corrected chi connectivity index (χ2v) is 8.98. The molecule has 5 nitrogen and oxygen atoms in total. The fraction of sp³-hybridized carbons (Fsp3) is 0.292. The summed E-state index contributed by atoms with van der Waals surface area (Å²) in [6.07, 6.45) is 2.23. The van der Waals surface area contributed by atoms with Gasteiger partial charge in [-0.1, -0.05) is 42.5 Å². The Morgan fingerprint density at radius 1 is 1.03 bits per heavy atom. The van der Waals surface area contributed by atoms with E-state index in [1.54, 1.807) is 4.90 Å². The van der Waals surface area contributed by atoms with Crippen LogP contribution in [0.15, 0.2) is 54.6 Å². The molecule has 0 aliphatic heterocycles. The summed E-state index contributed by atoms with van der Waals surface area (Å²) in [5, 5.41) is 3.42. The first-order valence-corrected chi connectivity index (χ1v) is 11.0. The zero-order valence-electron chi connectivity index (χ0n) is 17.2. The largest absolute Gasteiger partial charge is 0.329 e. The molecule has 1 fully saturated rings. The number of hydrogen-bond acceptors (Lipinski definition) is 4. The smallest absolute Gasteiger partial charge is 0.254 e. The third kappa shape index (κ3) is 4.94. The summed E-state index contributed by atoms with van der Waals surface area (Å²) in [6.45, 7) is 4.55. The van der Waals surface area contributed by atoms with E-state index in [-0.39, 0.29) is 18.4 Å². The predicted molar refractivity (Wildman–Crippen MR) is 121 cm³/mol. The lowest BCUT2D eigenvalue weighted by atomic mass is 10.0. The molecule has 1 aliphatic rings. The van der Waals surface area contributed by atoms with Gasteiger partial charge in [0.2, 0.25) is 5.91 Å². The lowest BCUT2D eigenvalue weighted by Gasteiger charge is -2.22. The fourth-order valence-corrected chi connectivity index (χ4v) is 4.14. The number of anilines is 1. The Bertz CT molecular complexity index is 1020. The van der Waals surface area contributed by atoms with Gasteiger partial charge in [0.1, 0.15) is 6.54 Å². The molecule has 2 aromatic carbocycles. The Kier molecular flexibility index (Phi) is 5.95. The highest BCUT2D eigenvalue weighted by Gasteiger charge is 2.28. The predicted octanol–water partition coefficient (Wildman–Crippen LogP) is 4.92. The molecule has 0 radical (unpaired) electrons. The quantitative estimate of drug-likeness (QED) is 0.591. The molecule has 3 aromatic rings. The van der Waals surface area contributed by atoms with Gasteiger partial charge in [0.05, 0.1) is 5.69 Å². The minimum atomic E-state index is -0.210. The molecule has 154 valence electrons. The Morgan fingerprint density at radius 2 is 1.70 bits per heavy atom. The van der Waals surface area contributed by atoms with Gasteiger partial charge >= 0.3 is 0 Å². The van der Waals surface area contributed by atoms with Crippen LogP contribution in [-0.4, -0.2) is 34.8 Å². The molecule has 1 aliphatic carbocycles. The summed E-state index contributed by atoms with van der Waals surface area (Å²) in [5.74, 6) is 0.177. The second kappa shape index (κ2) is 8.79. The van der Waals surface area contributed by atoms with Crippen molar-refractivity contribution in [3.63, 3.8) is 0 Å². The van der Waals surface area contributed by atoms with Gasteiger partial charge in [-0.15, -0.1) is 11.3 Å². The summed E-state index contributed by atoms with van der Waals surface area (Å²) < 4.78 is 0. The number of hydrogen-bond donors (Lipinski definition) is 1. The van der Waals surface area contributed by atoms with Crippen LogP contribution in [-0.2, 0) is 4.79 Å². The third-order valence-electron chi connectivity index (χ3n) is 5.31. The summed E-state index contributed by atoms with van der Waals surface area (Å²) >= 11 is 1.45. The van der Waals surface area contributed by atoms with Crippen LogP contribution in [0.3, 0.4) is 0 Å². The van der Waals surface area contributed by atoms with E-state index < -0.39 is 0 Å². The van der Waals surface area contributed by atoms with Crippen molar-refractivity contribution in [2.75, 3.05) is 18.4 Å². The molecule has 1 N–H and O–H groups in total. The summed E-state index contributed by atoms with van der Waals surface area (Å²) in [4.78, 5) is 32.8. The maximum atomic E-state index is 13.1. The van der Waals surface area contributed by atoms with Crippen LogP contribution in [0.25, 0.3) is 11.1 Å². The molecule has 1 aromatic heterocycles. The van der Waals surface area contributed by atoms with Crippen LogP contribution in [0.2, 0.25) is 0 Å². The molecule has 30 heavy (non-hydrogen) atoms. The molecular weight excluding hydrogens is 394 g/mol. The highest BCUT2D eigenvalue weighted by Crippen LogP contribution is 2.30. The number of nitrogens with one attached hydrogen (secondary N) is 1. The zero-order valence-corrected chi connectivity index (χ0v) is 18.0. The first-order valence-electron chi connectivity index (χ1n) is 10.2. The van der Waals surface area contributed by atoms with Crippen molar-refractivity contribution in [2.45, 2.75) is 26.7 Å². The van der Waals surface area contributed by atoms with Gasteiger partial charge < -0.3 is 10.2 Å². The van der Waals surface area contributed by atoms with Gasteiger partial charge in [-0.05, 0) is 55.9 Å². The van der Waals surface area contributed by atoms with E-state index in [1.807, 2.05) is 68.4 Å². The van der Waals surface area contributed by atoms with E-state index in [0.717, 1.165) is 34.5 Å². The van der Waals surface area contributed by atoms with Crippen molar-refractivity contribution in [3.05, 3.63) is 70.7 Å². The Balaban J connectivity index is 1.45. The number of rotatable bonds is 7. The molecule has 0 unspecified atom stereocenters. The molecule has 4 rings (SSSR count). The number of nitrogens with zero attached hydrogens (tertiary/aromatic N) is 2. The maximum absolute atomic E-state index is 13.1. The van der Waals surface area contributed by atoms with Crippen LogP contribution in [0.5, 0.6) is 0 Å². The molecule has 1 saturated carbocycles. The highest BCUT2D eigenvalue weighted by molar-refractivity contribution is 7.15. The van der Waals surface area contributed by atoms with Crippen molar-refractivity contribution >= 4 is 28.3 Å². The van der Waals surface area contributed by atoms with Crippen molar-refractivity contribution in [1.29, 1.82) is 0 Å². The number of aromatic nitrogens is 1. The minimum Gasteiger partial charge on any atom is -0.329 e. The van der Waals surface area contributed by atoms with Crippen molar-refractivity contribution in [2.24, 2.45) is 5.92 Å². The second-order valence-electron chi connectivity index (χ2n) is 7.78. The number of benzene rings is 2. The maximum Gasteiger partial charge on any atom is 0.254 e. The number of aryl methyl sites for hydroxylation is 2. The first-order chi connectivity index (χ1) is 14.5. The van der Waals surface area contributed by atoms with Gasteiger partial charge in [-0.3, -0.25) is 9.59 Å². The SMILES string of the molecule is Cc1nc(NC(=O)CN(CC2CC2)C(=O)c2ccc(-c3ccccc3)cc2)sc1C. The first kappa shape index (κ1) is 20.3. The standard InChI is InChI=1S/C24H25N3O2S/c1-16-17(2)30-24(25-16)26-22(28)15-27(14-18-8-9-18)23(29)21-12-10-20(11-13-21)19-6-4-3-5-7-19/h3-7,10-13,18H,8-9,14-15H2,1-2H3,(H,25,26,28). The van der Waals surface area contributed by atoms with E-state index in [1.165, 1.54) is 11.3 Å². The lowest BCUT2D eigenvalue weighted by molar-refractivity contribution is -0.116. The minimum absolute atomic E-state index is 0.0352. The highest BCUT2D eigenvalue weighted by atomic mass is 32.1. The molecule has 2 amide bonds. The van der Waals surface area contributed by atoms with E-state index >= 15 is 0 Å². The van der Waals surface area contributed by atoms with Gasteiger partial charge in [0.15, 0.2) is 5.13 Å². The molecule has 1 heterocycles. The molecule has 0 spiro atoms. The lowest BCUT2D eigenvalue weighted by Crippen LogP contribution is -2.39. The van der Waals surface area contributed by atoms with Gasteiger partial charge in [-0.2, -0.15) is 0 Å². The van der Waals surface area contributed by atoms with E-state index in [0.29, 0.717) is 23.2 Å². The molecular formula is C24H25N3O2S. The van der Waals surface area contributed by atoms with Crippen LogP contribution in [0.1, 0.15) is 33.8 Å². The van der Waals surface area contributed by atoms with Crippen LogP contribution in [0, 0.1) is 19.8 Å². The topological polar surface area (TPSA) is 62.3 Å². The van der Waals surface area contributed by atoms with Crippen molar-refractivity contribution in [3.8, 4) is 11.1 Å². The Labute approximate surface area is 180 Å². The molecule has 0 atom stereocenters. The third-order valence-corrected chi connectivity index (χ3v) is 6.30. The summed E-state index contributed by atoms with van der Waals surface area (Å²) in [7, 11) is 0. The van der Waals surface area contributed by atoms with Gasteiger partial charge in [0, 0.05) is 17.0 Å². The van der Waals surface area contributed by atoms with E-state index in [2.05, 4.69) is 10.3 Å². The monoisotopic (exact) mass is 419 g/mol. The van der Waals surface area contributed by atoms with Crippen LogP contribution in [0.4, 0.5) is 5.13 Å². The molecule has 0 bridgehead atoms. The average Bonchev–Trinajstić information content (AvgIpc) is 3.51. The van der Waals surface area contributed by atoms with E-state index in [9.17, 15) is 9.59 Å². The fourth-order valence-electron chi connectivity index (χ4n) is 3.31. The van der Waals surface area contributed by atoms with Crippen LogP contribution < -0.4 is 5.32 Å². The number of amides is 2. The van der Waals surface area contributed by atoms with Gasteiger partial charge in [-0.25, -0.2) is 4.98 Å². The normalized spacial score (nSPS) is 13.1. The summed E-state index contributed by atoms with van der Waals surface area (Å²) in [6, 6.07) is 17.7. The van der Waals surface area contributed by atoms with Gasteiger partial charge in [0.25, 0.3) is 5.91 Å². The van der Waals surface area contributed by atoms with Crippen molar-refractivity contribution < 1.29 is 9.59 Å². The molecule has 6 heteroatoms. The molecule has 0 saturated heterocycles. The zero-order chi connectivity index (χ0) is 21.1. The summed E-state index contributed by atoms with van der Waals surface area (Å²) in [5.41, 5.74) is 3.69. The average molecular weight is 420 g/mol. The number of carbonyl (C=O) groups excluding carboxylic acids is 2. The Hall–Kier alpha value is -2.99. The van der Waals surface area contributed by atoms with Crippen LogP contribution >= 0.6 is 11.3 Å². The number of carbonyl (C=O) groups is 2. The number of thiazole rings is 1. The Morgan fingerprint density at radius 3 is 2.30 bits per heavy atom. The van der Waals surface area contributed by atoms with Crippen molar-refractivity contribution in [1.82, 2.24) is 9.88 Å². The van der Waals surface area contributed by atoms with E-state index in [4.69, 9.17) is 0 Å².